The molecule has 1 saturated carbocycles. The van der Waals surface area contributed by atoms with Gasteiger partial charge in [-0.05, 0) is 18.4 Å². The third-order valence-electron chi connectivity index (χ3n) is 4.33. The Kier molecular flexibility index (Phi) is 3.87. The van der Waals surface area contributed by atoms with Crippen molar-refractivity contribution in [3.05, 3.63) is 35.9 Å². The lowest BCUT2D eigenvalue weighted by Gasteiger charge is -2.42. The Morgan fingerprint density at radius 3 is 2.47 bits per heavy atom. The Hall–Kier alpha value is -0.900. The van der Waals surface area contributed by atoms with Crippen LogP contribution in [0.5, 0.6) is 0 Å². The van der Waals surface area contributed by atoms with Crippen LogP contribution in [-0.4, -0.2) is 18.5 Å². The van der Waals surface area contributed by atoms with Crippen LogP contribution in [0.4, 0.5) is 0 Å². The number of hydrogen-bond acceptors (Lipinski definition) is 3. The van der Waals surface area contributed by atoms with E-state index in [-0.39, 0.29) is 12.0 Å². The molecule has 0 amide bonds. The fourth-order valence-electron chi connectivity index (χ4n) is 2.95. The molecule has 0 radical (unpaired) electrons. The molecule has 1 spiro atoms. The van der Waals surface area contributed by atoms with Crippen molar-refractivity contribution in [2.75, 3.05) is 6.61 Å². The maximum Gasteiger partial charge on any atom is 0.201 e. The summed E-state index contributed by atoms with van der Waals surface area (Å²) in [4.78, 5) is 11.3. The Bertz CT molecular complexity index is 388. The van der Waals surface area contributed by atoms with E-state index in [9.17, 15) is 0 Å². The molecule has 0 N–H and O–H groups in total. The lowest BCUT2D eigenvalue weighted by atomic mass is 9.93. The monoisotopic (exact) mass is 262 g/mol. The second-order valence-electron chi connectivity index (χ2n) is 5.70. The van der Waals surface area contributed by atoms with Gasteiger partial charge in [0, 0.05) is 18.8 Å². The van der Waals surface area contributed by atoms with Crippen LogP contribution in [0.3, 0.4) is 0 Å². The first-order valence-corrected chi connectivity index (χ1v) is 7.32. The lowest BCUT2D eigenvalue weighted by Crippen LogP contribution is -2.47. The van der Waals surface area contributed by atoms with Crippen molar-refractivity contribution >= 4 is 0 Å². The van der Waals surface area contributed by atoms with Gasteiger partial charge in [0.15, 0.2) is 0 Å². The maximum atomic E-state index is 6.01. The van der Waals surface area contributed by atoms with E-state index in [1.54, 1.807) is 0 Å². The largest absolute Gasteiger partial charge is 0.344 e. The second kappa shape index (κ2) is 5.61. The molecule has 0 aromatic heterocycles. The molecule has 1 aliphatic carbocycles. The van der Waals surface area contributed by atoms with E-state index in [4.69, 9.17) is 14.5 Å². The summed E-state index contributed by atoms with van der Waals surface area (Å²) in [7, 11) is 0. The number of benzene rings is 1. The van der Waals surface area contributed by atoms with E-state index in [1.807, 2.05) is 6.07 Å². The van der Waals surface area contributed by atoms with Gasteiger partial charge >= 0.3 is 0 Å². The molecular weight excluding hydrogens is 240 g/mol. The molecule has 1 aliphatic heterocycles. The molecule has 0 bridgehead atoms. The fourth-order valence-corrected chi connectivity index (χ4v) is 2.95. The van der Waals surface area contributed by atoms with Crippen LogP contribution in [0.15, 0.2) is 30.3 Å². The van der Waals surface area contributed by atoms with Crippen molar-refractivity contribution < 1.29 is 14.5 Å². The molecule has 1 heterocycles. The highest BCUT2D eigenvalue weighted by atomic mass is 17.2. The summed E-state index contributed by atoms with van der Waals surface area (Å²) in [6, 6.07) is 10.4. The highest BCUT2D eigenvalue weighted by Crippen LogP contribution is 2.37. The van der Waals surface area contributed by atoms with Crippen LogP contribution in [0.25, 0.3) is 0 Å². The van der Waals surface area contributed by atoms with Gasteiger partial charge < -0.3 is 4.74 Å². The lowest BCUT2D eigenvalue weighted by molar-refractivity contribution is -0.493. The molecule has 3 rings (SSSR count). The average Bonchev–Trinajstić information content (AvgIpc) is 2.49. The second-order valence-corrected chi connectivity index (χ2v) is 5.70. The molecule has 1 aromatic rings. The minimum atomic E-state index is -0.453. The maximum absolute atomic E-state index is 6.01. The Morgan fingerprint density at radius 2 is 1.84 bits per heavy atom. The molecular formula is C16H22O3. The first kappa shape index (κ1) is 13.1. The van der Waals surface area contributed by atoms with Gasteiger partial charge in [0.25, 0.3) is 0 Å². The Labute approximate surface area is 114 Å². The SMILES string of the molecule is C[C@H](c1ccccc1)[C@H]1COC2(CCCCC2)OO1. The minimum Gasteiger partial charge on any atom is -0.344 e. The summed E-state index contributed by atoms with van der Waals surface area (Å²) in [5.74, 6) is -0.173. The highest BCUT2D eigenvalue weighted by molar-refractivity contribution is 5.20. The van der Waals surface area contributed by atoms with Gasteiger partial charge in [-0.1, -0.05) is 43.7 Å². The van der Waals surface area contributed by atoms with E-state index in [1.165, 1.54) is 24.8 Å². The van der Waals surface area contributed by atoms with Crippen LogP contribution >= 0.6 is 0 Å². The van der Waals surface area contributed by atoms with E-state index in [0.29, 0.717) is 6.61 Å². The summed E-state index contributed by atoms with van der Waals surface area (Å²) in [5, 5.41) is 0. The highest BCUT2D eigenvalue weighted by Gasteiger charge is 2.41. The van der Waals surface area contributed by atoms with Gasteiger partial charge in [-0.2, -0.15) is 0 Å². The van der Waals surface area contributed by atoms with E-state index in [2.05, 4.69) is 31.2 Å². The van der Waals surface area contributed by atoms with Crippen molar-refractivity contribution in [1.82, 2.24) is 0 Å². The minimum absolute atomic E-state index is 0.0186. The molecule has 104 valence electrons. The molecule has 2 atom stereocenters. The van der Waals surface area contributed by atoms with E-state index >= 15 is 0 Å². The zero-order valence-electron chi connectivity index (χ0n) is 11.5. The van der Waals surface area contributed by atoms with Gasteiger partial charge in [0.2, 0.25) is 5.79 Å². The average molecular weight is 262 g/mol. The van der Waals surface area contributed by atoms with Crippen LogP contribution < -0.4 is 0 Å². The molecule has 19 heavy (non-hydrogen) atoms. The number of hydrogen-bond donors (Lipinski definition) is 0. The predicted molar refractivity (Wildman–Crippen MR) is 72.6 cm³/mol. The molecule has 3 heteroatoms. The fraction of sp³-hybridized carbons (Fsp3) is 0.625. The van der Waals surface area contributed by atoms with Crippen LogP contribution in [-0.2, 0) is 14.5 Å². The first-order chi connectivity index (χ1) is 9.29. The van der Waals surface area contributed by atoms with Gasteiger partial charge in [-0.3, -0.25) is 0 Å². The molecule has 1 saturated heterocycles. The van der Waals surface area contributed by atoms with Crippen LogP contribution in [0, 0.1) is 0 Å². The van der Waals surface area contributed by atoms with Crippen molar-refractivity contribution in [3.63, 3.8) is 0 Å². The van der Waals surface area contributed by atoms with Crippen LogP contribution in [0.2, 0.25) is 0 Å². The van der Waals surface area contributed by atoms with Crippen molar-refractivity contribution in [1.29, 1.82) is 0 Å². The summed E-state index contributed by atoms with van der Waals surface area (Å²) in [6.07, 6.45) is 5.51. The van der Waals surface area contributed by atoms with Crippen molar-refractivity contribution in [2.45, 2.75) is 56.8 Å². The number of ether oxygens (including phenoxy) is 1. The molecule has 0 unspecified atom stereocenters. The van der Waals surface area contributed by atoms with Gasteiger partial charge in [0.1, 0.15) is 6.10 Å². The zero-order valence-corrected chi connectivity index (χ0v) is 11.5. The van der Waals surface area contributed by atoms with Gasteiger partial charge in [-0.15, -0.1) is 0 Å². The number of rotatable bonds is 2. The van der Waals surface area contributed by atoms with E-state index < -0.39 is 5.79 Å². The normalized spacial score (nSPS) is 28.2. The topological polar surface area (TPSA) is 27.7 Å². The Balaban J connectivity index is 1.60. The predicted octanol–water partition coefficient (Wildman–Crippen LogP) is 3.80. The van der Waals surface area contributed by atoms with Gasteiger partial charge in [0.05, 0.1) is 6.61 Å². The van der Waals surface area contributed by atoms with Gasteiger partial charge in [-0.25, -0.2) is 9.78 Å². The third-order valence-corrected chi connectivity index (χ3v) is 4.33. The summed E-state index contributed by atoms with van der Waals surface area (Å²) < 4.78 is 6.01. The van der Waals surface area contributed by atoms with E-state index in [0.717, 1.165) is 12.8 Å². The Morgan fingerprint density at radius 1 is 1.11 bits per heavy atom. The molecule has 3 nitrogen and oxygen atoms in total. The summed E-state index contributed by atoms with van der Waals surface area (Å²) >= 11 is 0. The molecule has 2 fully saturated rings. The molecule has 2 aliphatic rings. The quantitative estimate of drug-likeness (QED) is 0.759. The standard InChI is InChI=1S/C16H22O3/c1-13(14-8-4-2-5-9-14)15-12-17-16(19-18-15)10-6-3-7-11-16/h2,4-5,8-9,13,15H,3,6-7,10-12H2,1H3/t13-,15-/m1/s1. The van der Waals surface area contributed by atoms with Crippen molar-refractivity contribution in [3.8, 4) is 0 Å². The van der Waals surface area contributed by atoms with Crippen molar-refractivity contribution in [2.24, 2.45) is 0 Å². The zero-order chi connectivity index (χ0) is 13.1. The smallest absolute Gasteiger partial charge is 0.201 e. The molecule has 1 aromatic carbocycles. The van der Waals surface area contributed by atoms with Crippen LogP contribution in [0.1, 0.15) is 50.5 Å². The third kappa shape index (κ3) is 2.83. The summed E-state index contributed by atoms with van der Waals surface area (Å²) in [5.41, 5.74) is 1.26. The first-order valence-electron chi connectivity index (χ1n) is 7.32. The summed E-state index contributed by atoms with van der Waals surface area (Å²) in [6.45, 7) is 2.78.